The van der Waals surface area contributed by atoms with Gasteiger partial charge < -0.3 is 19.8 Å². The van der Waals surface area contributed by atoms with Gasteiger partial charge in [-0.15, -0.1) is 0 Å². The monoisotopic (exact) mass is 879 g/mol. The smallest absolute Gasteiger partial charge is 0.342 e. The second-order valence-corrected chi connectivity index (χ2v) is 20.4. The van der Waals surface area contributed by atoms with Crippen LogP contribution in [0.2, 0.25) is 0 Å². The number of carbonyl (C=O) groups is 4. The normalized spacial score (nSPS) is 27.6. The second-order valence-electron chi connectivity index (χ2n) is 18.7. The summed E-state index contributed by atoms with van der Waals surface area (Å²) in [4.78, 5) is 66.9. The molecule has 0 bridgehead atoms. The quantitative estimate of drug-likeness (QED) is 0.161. The van der Waals surface area contributed by atoms with Crippen LogP contribution in [0.1, 0.15) is 109 Å². The Morgan fingerprint density at radius 3 is 1.84 bits per heavy atom. The number of amidine groups is 1. The van der Waals surface area contributed by atoms with E-state index in [1.165, 1.54) is 6.92 Å². The van der Waals surface area contributed by atoms with Crippen LogP contribution in [-0.4, -0.2) is 78.9 Å². The van der Waals surface area contributed by atoms with Gasteiger partial charge in [0.05, 0.1) is 23.7 Å². The van der Waals surface area contributed by atoms with Crippen LogP contribution < -0.4 is 10.0 Å². The number of anilines is 1. The topological polar surface area (TPSA) is 176 Å². The Hall–Kier alpha value is -5.34. The molecule has 5 atom stereocenters. The van der Waals surface area contributed by atoms with Crippen LogP contribution in [-0.2, 0) is 33.9 Å². The summed E-state index contributed by atoms with van der Waals surface area (Å²) >= 11 is 0. The Balaban J connectivity index is 1.44. The average molecular weight is 880 g/mol. The van der Waals surface area contributed by atoms with Crippen molar-refractivity contribution in [3.63, 3.8) is 0 Å². The predicted octanol–water partition coefficient (Wildman–Crippen LogP) is 8.23. The number of aromatic amines is 1. The van der Waals surface area contributed by atoms with Crippen LogP contribution in [0.4, 0.5) is 5.82 Å². The molecule has 2 aromatic carbocycles. The zero-order chi connectivity index (χ0) is 45.3. The molecule has 1 aromatic heterocycles. The summed E-state index contributed by atoms with van der Waals surface area (Å²) in [6.07, 6.45) is 6.45. The van der Waals surface area contributed by atoms with Crippen molar-refractivity contribution in [1.82, 2.24) is 14.6 Å². The van der Waals surface area contributed by atoms with Crippen molar-refractivity contribution in [1.29, 1.82) is 0 Å². The fourth-order valence-corrected chi connectivity index (χ4v) is 11.3. The van der Waals surface area contributed by atoms with Crippen LogP contribution in [0.5, 0.6) is 0 Å². The number of H-pyrrole nitrogens is 1. The highest BCUT2D eigenvalue weighted by Gasteiger charge is 2.42. The number of benzene rings is 2. The molecule has 2 amide bonds. The maximum absolute atomic E-state index is 14.8. The number of aromatic nitrogens is 1. The van der Waals surface area contributed by atoms with Gasteiger partial charge in [-0.1, -0.05) is 102 Å². The third-order valence-electron chi connectivity index (χ3n) is 13.0. The molecule has 4 aliphatic rings. The molecular formula is C49H61N5O8S. The number of hydrogen-bond acceptors (Lipinski definition) is 9. The standard InChI is InChI=1S/C49H61N5O8S/c1-27-22-29(3)43(30(4)23-27)61-48(57)41-39(34-16-11-9-12-17-34)36(50-45(41)52-47(56)33(7)53-63(8,59)60)26-37-40(35-18-13-10-14-19-35)42(46(51-37)54-21-15-20-38(54)55)49(58)62-44-31(5)24-28(2)25-32(44)6/h9-14,16-19,26-33,43-44,50,53H,15,20-25H2,1-8H3,(H,52,56). The van der Waals surface area contributed by atoms with E-state index in [1.807, 2.05) is 60.7 Å². The Labute approximate surface area is 371 Å². The van der Waals surface area contributed by atoms with Gasteiger partial charge in [0.25, 0.3) is 0 Å². The van der Waals surface area contributed by atoms with Crippen LogP contribution in [0.25, 0.3) is 22.8 Å². The Morgan fingerprint density at radius 1 is 0.810 bits per heavy atom. The van der Waals surface area contributed by atoms with Crippen molar-refractivity contribution in [3.8, 4) is 11.1 Å². The Morgan fingerprint density at radius 2 is 1.33 bits per heavy atom. The Kier molecular flexibility index (Phi) is 13.6. The van der Waals surface area contributed by atoms with Crippen LogP contribution in [0, 0.1) is 35.5 Å². The van der Waals surface area contributed by atoms with Gasteiger partial charge in [-0.05, 0) is 91.7 Å². The molecule has 13 nitrogen and oxygen atoms in total. The highest BCUT2D eigenvalue weighted by molar-refractivity contribution is 7.88. The number of likely N-dealkylation sites (tertiary alicyclic amines) is 1. The molecule has 14 heteroatoms. The molecule has 2 aliphatic heterocycles. The van der Waals surface area contributed by atoms with Gasteiger partial charge in [-0.25, -0.2) is 27.7 Å². The van der Waals surface area contributed by atoms with Crippen molar-refractivity contribution < 1.29 is 37.1 Å². The van der Waals surface area contributed by atoms with Gasteiger partial charge in [-0.3, -0.25) is 14.5 Å². The second kappa shape index (κ2) is 18.8. The van der Waals surface area contributed by atoms with Crippen molar-refractivity contribution in [3.05, 3.63) is 88.8 Å². The molecule has 3 N–H and O–H groups in total. The number of rotatable bonds is 11. The zero-order valence-corrected chi connectivity index (χ0v) is 38.4. The van der Waals surface area contributed by atoms with E-state index in [0.29, 0.717) is 64.9 Å². The number of nitrogens with one attached hydrogen (secondary N) is 3. The van der Waals surface area contributed by atoms with Gasteiger partial charge in [0.2, 0.25) is 21.8 Å². The first-order valence-corrected chi connectivity index (χ1v) is 24.2. The van der Waals surface area contributed by atoms with E-state index in [2.05, 4.69) is 56.6 Å². The van der Waals surface area contributed by atoms with Crippen molar-refractivity contribution >= 4 is 57.1 Å². The molecular weight excluding hydrogens is 819 g/mol. The average Bonchev–Trinajstić information content (AvgIpc) is 3.92. The van der Waals surface area contributed by atoms with Crippen molar-refractivity contribution in [2.45, 2.75) is 105 Å². The maximum Gasteiger partial charge on any atom is 0.342 e. The minimum atomic E-state index is -3.77. The molecule has 0 spiro atoms. The third kappa shape index (κ3) is 10.1. The molecule has 336 valence electrons. The fourth-order valence-electron chi connectivity index (χ4n) is 10.5. The summed E-state index contributed by atoms with van der Waals surface area (Å²) in [5.74, 6) is -0.553. The lowest BCUT2D eigenvalue weighted by Gasteiger charge is -2.37. The van der Waals surface area contributed by atoms with E-state index in [1.54, 1.807) is 11.0 Å². The summed E-state index contributed by atoms with van der Waals surface area (Å²) in [5, 5.41) is 2.80. The predicted molar refractivity (Wildman–Crippen MR) is 245 cm³/mol. The highest BCUT2D eigenvalue weighted by Crippen LogP contribution is 2.43. The van der Waals surface area contributed by atoms with Gasteiger partial charge in [0, 0.05) is 24.1 Å². The van der Waals surface area contributed by atoms with Crippen LogP contribution in [0.15, 0.2) is 76.9 Å². The van der Waals surface area contributed by atoms with E-state index in [-0.39, 0.29) is 58.5 Å². The van der Waals surface area contributed by atoms with E-state index in [0.717, 1.165) is 31.9 Å². The molecule has 1 saturated heterocycles. The summed E-state index contributed by atoms with van der Waals surface area (Å²) in [6.45, 7) is 14.6. The molecule has 3 fully saturated rings. The first-order chi connectivity index (χ1) is 29.9. The first kappa shape index (κ1) is 45.7. The zero-order valence-electron chi connectivity index (χ0n) is 37.6. The highest BCUT2D eigenvalue weighted by atomic mass is 32.2. The lowest BCUT2D eigenvalue weighted by atomic mass is 9.75. The number of ether oxygens (including phenoxy) is 2. The van der Waals surface area contributed by atoms with Gasteiger partial charge in [-0.2, -0.15) is 0 Å². The number of hydrogen-bond donors (Lipinski definition) is 3. The third-order valence-corrected chi connectivity index (χ3v) is 13.8. The lowest BCUT2D eigenvalue weighted by Crippen LogP contribution is -2.41. The lowest BCUT2D eigenvalue weighted by molar-refractivity contribution is -0.152. The molecule has 0 radical (unpaired) electrons. The summed E-state index contributed by atoms with van der Waals surface area (Å²) in [6, 6.07) is 17.3. The van der Waals surface area contributed by atoms with E-state index < -0.39 is 40.0 Å². The van der Waals surface area contributed by atoms with Gasteiger partial charge >= 0.3 is 11.9 Å². The molecule has 2 saturated carbocycles. The van der Waals surface area contributed by atoms with E-state index in [9.17, 15) is 27.6 Å². The molecule has 3 aromatic rings. The van der Waals surface area contributed by atoms with Gasteiger partial charge in [0.15, 0.2) is 5.84 Å². The largest absolute Gasteiger partial charge is 0.458 e. The first-order valence-electron chi connectivity index (χ1n) is 22.3. The Bertz CT molecular complexity index is 2420. The van der Waals surface area contributed by atoms with Crippen LogP contribution in [0.3, 0.4) is 0 Å². The summed E-state index contributed by atoms with van der Waals surface area (Å²) < 4.78 is 39.5. The SMILES string of the molecule is CC1CC(C)C(OC(=O)C2=C(c3ccccc3)C(=Cc3[nH]c(NC(=O)C(C)NS(C)(=O)=O)c(C(=O)OC4C(C)CC(C)CC4C)c3-c3ccccc3)N=C2N2CCCC2=O)C(C)C1. The van der Waals surface area contributed by atoms with E-state index in [4.69, 9.17) is 14.5 Å². The van der Waals surface area contributed by atoms with Crippen molar-refractivity contribution in [2.75, 3.05) is 18.1 Å². The number of amides is 2. The number of esters is 2. The molecule has 5 unspecified atom stereocenters. The number of aliphatic imine (C=N–C) groups is 1. The van der Waals surface area contributed by atoms with Crippen LogP contribution >= 0.6 is 0 Å². The minimum absolute atomic E-state index is 0.00126. The molecule has 2 aliphatic carbocycles. The molecule has 63 heavy (non-hydrogen) atoms. The molecule has 3 heterocycles. The van der Waals surface area contributed by atoms with Gasteiger partial charge in [0.1, 0.15) is 29.2 Å². The number of sulfonamides is 1. The fraction of sp³-hybridized carbons (Fsp3) is 0.490. The minimum Gasteiger partial charge on any atom is -0.458 e. The summed E-state index contributed by atoms with van der Waals surface area (Å²) in [5.41, 5.74) is 3.02. The number of nitrogens with zero attached hydrogens (tertiary/aromatic N) is 2. The van der Waals surface area contributed by atoms with E-state index >= 15 is 0 Å². The number of carbonyl (C=O) groups excluding carboxylic acids is 4. The van der Waals surface area contributed by atoms with Crippen molar-refractivity contribution in [2.24, 2.45) is 40.5 Å². The maximum atomic E-state index is 14.8. The molecule has 7 rings (SSSR count). The summed E-state index contributed by atoms with van der Waals surface area (Å²) in [7, 11) is -3.77. The number of allylic oxidation sites excluding steroid dienone is 1.